The quantitative estimate of drug-likeness (QED) is 0.353. The Bertz CT molecular complexity index is 1430. The van der Waals surface area contributed by atoms with E-state index < -0.39 is 5.60 Å². The predicted molar refractivity (Wildman–Crippen MR) is 143 cm³/mol. The normalized spacial score (nSPS) is 15.6. The highest BCUT2D eigenvalue weighted by Crippen LogP contribution is 2.32. The lowest BCUT2D eigenvalue weighted by atomic mass is 10.0. The SMILES string of the molecule is Cc1c(-c2cc(O[C@H](C)c3ccccn3)n3c(C)cnc3c2)nnn1C1CCN(C(=O)OC(C)(C)C)CC1. The summed E-state index contributed by atoms with van der Waals surface area (Å²) >= 11 is 0. The van der Waals surface area contributed by atoms with Crippen molar-refractivity contribution in [2.24, 2.45) is 0 Å². The summed E-state index contributed by atoms with van der Waals surface area (Å²) in [4.78, 5) is 23.3. The van der Waals surface area contributed by atoms with Crippen LogP contribution < -0.4 is 4.74 Å². The fraction of sp³-hybridized carbons (Fsp3) is 0.464. The number of hydrogen-bond acceptors (Lipinski definition) is 7. The van der Waals surface area contributed by atoms with Crippen LogP contribution in [0.25, 0.3) is 16.9 Å². The number of fused-ring (bicyclic) bond motifs is 1. The molecular formula is C28H35N7O3. The number of likely N-dealkylation sites (tertiary alicyclic amines) is 1. The molecule has 1 saturated heterocycles. The van der Waals surface area contributed by atoms with Crippen LogP contribution in [0.3, 0.4) is 0 Å². The van der Waals surface area contributed by atoms with E-state index in [9.17, 15) is 4.79 Å². The third-order valence-electron chi connectivity index (χ3n) is 6.81. The molecule has 0 aromatic carbocycles. The Labute approximate surface area is 222 Å². The minimum absolute atomic E-state index is 0.159. The Balaban J connectivity index is 1.38. The molecule has 10 heteroatoms. The van der Waals surface area contributed by atoms with Gasteiger partial charge in [0.15, 0.2) is 0 Å². The van der Waals surface area contributed by atoms with Gasteiger partial charge in [0.1, 0.15) is 23.0 Å². The van der Waals surface area contributed by atoms with Crippen LogP contribution in [0.1, 0.15) is 69.8 Å². The van der Waals surface area contributed by atoms with Crippen molar-refractivity contribution < 1.29 is 14.3 Å². The average molecular weight is 518 g/mol. The summed E-state index contributed by atoms with van der Waals surface area (Å²) in [7, 11) is 0. The second kappa shape index (κ2) is 10.1. The van der Waals surface area contributed by atoms with Crippen LogP contribution in [0, 0.1) is 13.8 Å². The first kappa shape index (κ1) is 25.7. The zero-order valence-electron chi connectivity index (χ0n) is 22.9. The van der Waals surface area contributed by atoms with Crippen LogP contribution in [-0.2, 0) is 4.74 Å². The molecule has 10 nitrogen and oxygen atoms in total. The molecule has 1 amide bonds. The predicted octanol–water partition coefficient (Wildman–Crippen LogP) is 5.32. The number of aromatic nitrogens is 6. The van der Waals surface area contributed by atoms with Crippen LogP contribution in [0.15, 0.2) is 42.7 Å². The summed E-state index contributed by atoms with van der Waals surface area (Å²) in [6.07, 6.45) is 4.67. The number of hydrogen-bond donors (Lipinski definition) is 0. The summed E-state index contributed by atoms with van der Waals surface area (Å²) in [5.41, 5.74) is 4.76. The van der Waals surface area contributed by atoms with Crippen molar-refractivity contribution in [3.05, 3.63) is 59.8 Å². The maximum absolute atomic E-state index is 12.5. The largest absolute Gasteiger partial charge is 0.469 e. The van der Waals surface area contributed by atoms with Crippen LogP contribution in [0.4, 0.5) is 4.79 Å². The zero-order chi connectivity index (χ0) is 27.0. The van der Waals surface area contributed by atoms with E-state index in [1.165, 1.54) is 0 Å². The molecule has 0 aliphatic carbocycles. The molecule has 0 bridgehead atoms. The van der Waals surface area contributed by atoms with Crippen molar-refractivity contribution >= 4 is 11.7 Å². The molecule has 0 unspecified atom stereocenters. The number of amides is 1. The number of carbonyl (C=O) groups is 1. The number of piperidine rings is 1. The topological polar surface area (TPSA) is 99.7 Å². The summed E-state index contributed by atoms with van der Waals surface area (Å²) in [6, 6.07) is 9.97. The second-order valence-corrected chi connectivity index (χ2v) is 10.9. The molecule has 4 aromatic heterocycles. The molecule has 0 saturated carbocycles. The van der Waals surface area contributed by atoms with Gasteiger partial charge in [0, 0.05) is 42.8 Å². The molecule has 1 fully saturated rings. The zero-order valence-corrected chi connectivity index (χ0v) is 22.9. The van der Waals surface area contributed by atoms with Crippen molar-refractivity contribution in [2.45, 2.75) is 72.1 Å². The number of rotatable bonds is 5. The van der Waals surface area contributed by atoms with Gasteiger partial charge < -0.3 is 14.4 Å². The lowest BCUT2D eigenvalue weighted by Crippen LogP contribution is -2.42. The van der Waals surface area contributed by atoms with Gasteiger partial charge in [-0.1, -0.05) is 11.3 Å². The van der Waals surface area contributed by atoms with Gasteiger partial charge in [-0.2, -0.15) is 0 Å². The molecule has 0 N–H and O–H groups in total. The van der Waals surface area contributed by atoms with E-state index in [0.29, 0.717) is 19.0 Å². The highest BCUT2D eigenvalue weighted by Gasteiger charge is 2.29. The summed E-state index contributed by atoms with van der Waals surface area (Å²) in [5, 5.41) is 9.08. The van der Waals surface area contributed by atoms with Gasteiger partial charge in [0.2, 0.25) is 5.88 Å². The van der Waals surface area contributed by atoms with Crippen molar-refractivity contribution in [3.63, 3.8) is 0 Å². The number of carbonyl (C=O) groups excluding carboxylic acids is 1. The van der Waals surface area contributed by atoms with Crippen LogP contribution >= 0.6 is 0 Å². The molecule has 4 aromatic rings. The van der Waals surface area contributed by atoms with Crippen molar-refractivity contribution in [1.82, 2.24) is 34.3 Å². The summed E-state index contributed by atoms with van der Waals surface area (Å²) < 4.78 is 15.9. The van der Waals surface area contributed by atoms with Crippen LogP contribution in [0.2, 0.25) is 0 Å². The Hall–Kier alpha value is -3.95. The van der Waals surface area contributed by atoms with E-state index in [1.54, 1.807) is 11.1 Å². The van der Waals surface area contributed by atoms with E-state index in [1.807, 2.05) is 87.2 Å². The average Bonchev–Trinajstić information content (AvgIpc) is 3.46. The maximum atomic E-state index is 12.5. The van der Waals surface area contributed by atoms with Crippen molar-refractivity contribution in [3.8, 4) is 17.1 Å². The first-order chi connectivity index (χ1) is 18.1. The number of aryl methyl sites for hydroxylation is 1. The molecule has 1 aliphatic rings. The summed E-state index contributed by atoms with van der Waals surface area (Å²) in [5.74, 6) is 0.672. The Kier molecular flexibility index (Phi) is 6.81. The Morgan fingerprint density at radius 1 is 1.11 bits per heavy atom. The minimum atomic E-state index is -0.502. The highest BCUT2D eigenvalue weighted by atomic mass is 16.6. The first-order valence-electron chi connectivity index (χ1n) is 13.1. The van der Waals surface area contributed by atoms with Gasteiger partial charge in [-0.25, -0.2) is 14.5 Å². The van der Waals surface area contributed by atoms with Gasteiger partial charge in [0.05, 0.1) is 17.4 Å². The lowest BCUT2D eigenvalue weighted by molar-refractivity contribution is 0.0184. The van der Waals surface area contributed by atoms with Gasteiger partial charge in [-0.3, -0.25) is 9.38 Å². The molecule has 0 radical (unpaired) electrons. The molecule has 38 heavy (non-hydrogen) atoms. The van der Waals surface area contributed by atoms with Gasteiger partial charge in [0.25, 0.3) is 0 Å². The lowest BCUT2D eigenvalue weighted by Gasteiger charge is -2.33. The van der Waals surface area contributed by atoms with Gasteiger partial charge in [-0.15, -0.1) is 5.10 Å². The second-order valence-electron chi connectivity index (χ2n) is 10.9. The molecule has 1 atom stereocenters. The van der Waals surface area contributed by atoms with E-state index in [4.69, 9.17) is 9.47 Å². The van der Waals surface area contributed by atoms with Gasteiger partial charge in [-0.05, 0) is 72.6 Å². The third kappa shape index (κ3) is 5.20. The molecule has 0 spiro atoms. The first-order valence-corrected chi connectivity index (χ1v) is 13.1. The monoisotopic (exact) mass is 517 g/mol. The fourth-order valence-electron chi connectivity index (χ4n) is 4.88. The minimum Gasteiger partial charge on any atom is -0.469 e. The van der Waals surface area contributed by atoms with Crippen LogP contribution in [-0.4, -0.2) is 59.0 Å². The molecule has 1 aliphatic heterocycles. The van der Waals surface area contributed by atoms with Crippen LogP contribution in [0.5, 0.6) is 5.88 Å². The van der Waals surface area contributed by atoms with Gasteiger partial charge >= 0.3 is 6.09 Å². The Morgan fingerprint density at radius 2 is 1.87 bits per heavy atom. The fourth-order valence-corrected chi connectivity index (χ4v) is 4.88. The smallest absolute Gasteiger partial charge is 0.410 e. The molecule has 200 valence electrons. The number of nitrogens with zero attached hydrogens (tertiary/aromatic N) is 7. The Morgan fingerprint density at radius 3 is 2.55 bits per heavy atom. The molecule has 5 heterocycles. The van der Waals surface area contributed by atoms with Crippen molar-refractivity contribution in [2.75, 3.05) is 13.1 Å². The number of pyridine rings is 2. The molecule has 5 rings (SSSR count). The standard InChI is InChI=1S/C28H35N7O3/c1-18-17-30-24-15-21(16-25(34(18)24)37-20(3)23-9-7-8-12-29-23)26-19(2)35(32-31-26)22-10-13-33(14-11-22)27(36)38-28(4,5)6/h7-9,12,15-17,20,22H,10-11,13-14H2,1-6H3/t20-/m1/s1. The number of imidazole rings is 1. The highest BCUT2D eigenvalue weighted by molar-refractivity contribution is 5.69. The third-order valence-corrected chi connectivity index (χ3v) is 6.81. The maximum Gasteiger partial charge on any atom is 0.410 e. The van der Waals surface area contributed by atoms with Crippen molar-refractivity contribution in [1.29, 1.82) is 0 Å². The van der Waals surface area contributed by atoms with E-state index in [2.05, 4.69) is 20.3 Å². The number of ether oxygens (including phenoxy) is 2. The van der Waals surface area contributed by atoms with E-state index in [-0.39, 0.29) is 18.2 Å². The summed E-state index contributed by atoms with van der Waals surface area (Å²) in [6.45, 7) is 12.9. The van der Waals surface area contributed by atoms with E-state index >= 15 is 0 Å². The molecular weight excluding hydrogens is 482 g/mol. The van der Waals surface area contributed by atoms with E-state index in [0.717, 1.165) is 46.8 Å².